The van der Waals surface area contributed by atoms with Gasteiger partial charge in [0.15, 0.2) is 0 Å². The molecule has 1 saturated heterocycles. The summed E-state index contributed by atoms with van der Waals surface area (Å²) in [6.45, 7) is 2.27. The zero-order chi connectivity index (χ0) is 16.5. The molecule has 3 heterocycles. The Labute approximate surface area is 141 Å². The van der Waals surface area contributed by atoms with Crippen molar-refractivity contribution in [3.8, 4) is 0 Å². The summed E-state index contributed by atoms with van der Waals surface area (Å²) in [5.41, 5.74) is 2.39. The van der Waals surface area contributed by atoms with Crippen LogP contribution in [0.3, 0.4) is 0 Å². The highest BCUT2D eigenvalue weighted by Gasteiger charge is 2.35. The monoisotopic (exact) mass is 322 g/mol. The van der Waals surface area contributed by atoms with Crippen LogP contribution in [0.5, 0.6) is 0 Å². The Morgan fingerprint density at radius 3 is 2.67 bits per heavy atom. The van der Waals surface area contributed by atoms with Gasteiger partial charge in [-0.15, -0.1) is 0 Å². The Bertz CT molecular complexity index is 797. The van der Waals surface area contributed by atoms with Gasteiger partial charge in [-0.2, -0.15) is 0 Å². The number of piperidine rings is 1. The van der Waals surface area contributed by atoms with Gasteiger partial charge in [0.2, 0.25) is 5.91 Å². The van der Waals surface area contributed by atoms with Crippen LogP contribution in [0.1, 0.15) is 30.0 Å². The molecule has 1 aromatic carbocycles. The fourth-order valence-electron chi connectivity index (χ4n) is 4.15. The second-order valence-corrected chi connectivity index (χ2v) is 6.98. The summed E-state index contributed by atoms with van der Waals surface area (Å²) in [7, 11) is 0. The van der Waals surface area contributed by atoms with Gasteiger partial charge in [-0.25, -0.2) is 0 Å². The standard InChI is InChI=1S/C20H22N2O2/c23-19(10-9-15-5-2-1-3-6-15)21-12-16-11-17(14-21)18-7-4-8-20(24)22(18)13-16/h1-8,16-17H,9-14H2/t16-,17+/m1/s1. The second kappa shape index (κ2) is 6.27. The summed E-state index contributed by atoms with van der Waals surface area (Å²) in [6, 6.07) is 15.7. The number of amides is 1. The van der Waals surface area contributed by atoms with Crippen molar-refractivity contribution in [1.82, 2.24) is 9.47 Å². The molecule has 0 unspecified atom stereocenters. The lowest BCUT2D eigenvalue weighted by molar-refractivity contribution is -0.133. The first-order valence-electron chi connectivity index (χ1n) is 8.72. The maximum Gasteiger partial charge on any atom is 0.250 e. The van der Waals surface area contributed by atoms with Crippen LogP contribution in [-0.4, -0.2) is 28.5 Å². The van der Waals surface area contributed by atoms with Crippen molar-refractivity contribution in [3.63, 3.8) is 0 Å². The Hall–Kier alpha value is -2.36. The minimum atomic E-state index is 0.0889. The second-order valence-electron chi connectivity index (χ2n) is 6.98. The van der Waals surface area contributed by atoms with E-state index in [1.807, 2.05) is 39.8 Å². The highest BCUT2D eigenvalue weighted by molar-refractivity contribution is 5.76. The maximum absolute atomic E-state index is 12.6. The van der Waals surface area contributed by atoms with Gasteiger partial charge in [0.05, 0.1) is 0 Å². The van der Waals surface area contributed by atoms with Gasteiger partial charge in [-0.05, 0) is 30.4 Å². The van der Waals surface area contributed by atoms with E-state index in [2.05, 4.69) is 12.1 Å². The van der Waals surface area contributed by atoms with Crippen LogP contribution in [-0.2, 0) is 17.8 Å². The predicted molar refractivity (Wildman–Crippen MR) is 92.9 cm³/mol. The first-order valence-corrected chi connectivity index (χ1v) is 8.72. The first kappa shape index (κ1) is 15.2. The number of carbonyl (C=O) groups excluding carboxylic acids is 1. The van der Waals surface area contributed by atoms with Gasteiger partial charge < -0.3 is 9.47 Å². The third-order valence-corrected chi connectivity index (χ3v) is 5.30. The van der Waals surface area contributed by atoms with Crippen LogP contribution in [0.4, 0.5) is 0 Å². The van der Waals surface area contributed by atoms with Crippen LogP contribution >= 0.6 is 0 Å². The molecule has 4 heteroatoms. The number of benzene rings is 1. The molecular weight excluding hydrogens is 300 g/mol. The fraction of sp³-hybridized carbons (Fsp3) is 0.400. The predicted octanol–water partition coefficient (Wildman–Crippen LogP) is 2.43. The molecule has 2 bridgehead atoms. The Morgan fingerprint density at radius 1 is 1.00 bits per heavy atom. The third-order valence-electron chi connectivity index (χ3n) is 5.30. The highest BCUT2D eigenvalue weighted by Crippen LogP contribution is 2.35. The van der Waals surface area contributed by atoms with Crippen molar-refractivity contribution in [2.45, 2.75) is 31.7 Å². The maximum atomic E-state index is 12.6. The number of hydrogen-bond donors (Lipinski definition) is 0. The quantitative estimate of drug-likeness (QED) is 0.871. The molecule has 1 fully saturated rings. The van der Waals surface area contributed by atoms with Gasteiger partial charge in [-0.1, -0.05) is 36.4 Å². The molecule has 4 rings (SSSR count). The zero-order valence-corrected chi connectivity index (χ0v) is 13.7. The lowest BCUT2D eigenvalue weighted by atomic mass is 9.83. The number of hydrogen-bond acceptors (Lipinski definition) is 2. The summed E-state index contributed by atoms with van der Waals surface area (Å²) in [4.78, 5) is 26.7. The van der Waals surface area contributed by atoms with Gasteiger partial charge in [0, 0.05) is 43.7 Å². The molecule has 2 aliphatic rings. The molecule has 2 aliphatic heterocycles. The molecule has 0 radical (unpaired) electrons. The number of carbonyl (C=O) groups is 1. The molecule has 0 N–H and O–H groups in total. The van der Waals surface area contributed by atoms with Gasteiger partial charge in [-0.3, -0.25) is 9.59 Å². The molecular formula is C20H22N2O2. The molecule has 0 saturated carbocycles. The summed E-state index contributed by atoms with van der Waals surface area (Å²) < 4.78 is 1.91. The summed E-state index contributed by atoms with van der Waals surface area (Å²) in [5.74, 6) is 0.935. The Kier molecular flexibility index (Phi) is 3.97. The lowest BCUT2D eigenvalue weighted by Crippen LogP contribution is -2.49. The average molecular weight is 322 g/mol. The van der Waals surface area contributed by atoms with E-state index in [1.165, 1.54) is 5.56 Å². The van der Waals surface area contributed by atoms with Crippen molar-refractivity contribution in [1.29, 1.82) is 0 Å². The Balaban J connectivity index is 1.46. The van der Waals surface area contributed by atoms with Crippen LogP contribution < -0.4 is 5.56 Å². The van der Waals surface area contributed by atoms with E-state index < -0.39 is 0 Å². The van der Waals surface area contributed by atoms with Crippen LogP contribution in [0.2, 0.25) is 0 Å². The molecule has 124 valence electrons. The number of nitrogens with zero attached hydrogens (tertiary/aromatic N) is 2. The highest BCUT2D eigenvalue weighted by atomic mass is 16.2. The summed E-state index contributed by atoms with van der Waals surface area (Å²) in [6.07, 6.45) is 2.44. The van der Waals surface area contributed by atoms with Crippen molar-refractivity contribution >= 4 is 5.91 Å². The van der Waals surface area contributed by atoms with E-state index in [-0.39, 0.29) is 11.5 Å². The van der Waals surface area contributed by atoms with Crippen molar-refractivity contribution < 1.29 is 4.79 Å². The third kappa shape index (κ3) is 2.88. The topological polar surface area (TPSA) is 42.3 Å². The molecule has 0 spiro atoms. The minimum Gasteiger partial charge on any atom is -0.342 e. The van der Waals surface area contributed by atoms with Gasteiger partial charge >= 0.3 is 0 Å². The van der Waals surface area contributed by atoms with Crippen LogP contribution in [0, 0.1) is 5.92 Å². The van der Waals surface area contributed by atoms with Crippen molar-refractivity contribution in [3.05, 3.63) is 70.1 Å². The molecule has 1 amide bonds. The number of aryl methyl sites for hydroxylation is 1. The van der Waals surface area contributed by atoms with Crippen LogP contribution in [0.15, 0.2) is 53.3 Å². The molecule has 2 atom stereocenters. The largest absolute Gasteiger partial charge is 0.342 e. The number of rotatable bonds is 3. The SMILES string of the molecule is O=C(CCc1ccccc1)N1C[C@H]2C[C@@H](C1)c1cccc(=O)n1C2. The van der Waals surface area contributed by atoms with E-state index in [4.69, 9.17) is 0 Å². The summed E-state index contributed by atoms with van der Waals surface area (Å²) in [5, 5.41) is 0. The van der Waals surface area contributed by atoms with E-state index in [0.29, 0.717) is 18.3 Å². The number of fused-ring (bicyclic) bond motifs is 4. The number of pyridine rings is 1. The molecule has 4 nitrogen and oxygen atoms in total. The van der Waals surface area contributed by atoms with Crippen molar-refractivity contribution in [2.75, 3.05) is 13.1 Å². The van der Waals surface area contributed by atoms with E-state index in [1.54, 1.807) is 6.07 Å². The van der Waals surface area contributed by atoms with E-state index >= 15 is 0 Å². The van der Waals surface area contributed by atoms with E-state index in [9.17, 15) is 9.59 Å². The molecule has 24 heavy (non-hydrogen) atoms. The average Bonchev–Trinajstić information content (AvgIpc) is 2.61. The number of aromatic nitrogens is 1. The fourth-order valence-corrected chi connectivity index (χ4v) is 4.15. The van der Waals surface area contributed by atoms with Gasteiger partial charge in [0.25, 0.3) is 5.56 Å². The lowest BCUT2D eigenvalue weighted by Gasteiger charge is -2.42. The van der Waals surface area contributed by atoms with Gasteiger partial charge in [0.1, 0.15) is 0 Å². The zero-order valence-electron chi connectivity index (χ0n) is 13.7. The van der Waals surface area contributed by atoms with E-state index in [0.717, 1.165) is 38.2 Å². The normalized spacial score (nSPS) is 22.1. The molecule has 1 aromatic heterocycles. The smallest absolute Gasteiger partial charge is 0.250 e. The molecule has 2 aromatic rings. The molecule has 0 aliphatic carbocycles. The van der Waals surface area contributed by atoms with Crippen molar-refractivity contribution in [2.24, 2.45) is 5.92 Å². The number of likely N-dealkylation sites (tertiary alicyclic amines) is 1. The summed E-state index contributed by atoms with van der Waals surface area (Å²) >= 11 is 0. The first-order chi connectivity index (χ1) is 11.7. The van der Waals surface area contributed by atoms with Crippen LogP contribution in [0.25, 0.3) is 0 Å². The minimum absolute atomic E-state index is 0.0889. The Morgan fingerprint density at radius 2 is 1.83 bits per heavy atom.